The Morgan fingerprint density at radius 3 is 2.74 bits per heavy atom. The van der Waals surface area contributed by atoms with Crippen molar-refractivity contribution in [1.82, 2.24) is 4.90 Å². The van der Waals surface area contributed by atoms with Gasteiger partial charge >= 0.3 is 5.97 Å². The van der Waals surface area contributed by atoms with Gasteiger partial charge < -0.3 is 4.74 Å². The van der Waals surface area contributed by atoms with Gasteiger partial charge in [0.1, 0.15) is 6.04 Å². The van der Waals surface area contributed by atoms with Crippen LogP contribution in [0.5, 0.6) is 0 Å². The van der Waals surface area contributed by atoms with Gasteiger partial charge in [-0.3, -0.25) is 9.69 Å². The van der Waals surface area contributed by atoms with Gasteiger partial charge in [0.15, 0.2) is 0 Å². The molecule has 1 saturated carbocycles. The second-order valence-corrected chi connectivity index (χ2v) is 5.69. The number of esters is 1. The average Bonchev–Trinajstić information content (AvgIpc) is 3.16. The molecule has 0 amide bonds. The van der Waals surface area contributed by atoms with Gasteiger partial charge in [-0.25, -0.2) is 0 Å². The van der Waals surface area contributed by atoms with Crippen LogP contribution in [0.1, 0.15) is 31.2 Å². The number of carbonyl (C=O) groups is 1. The first-order valence-electron chi connectivity index (χ1n) is 7.27. The highest BCUT2D eigenvalue weighted by atomic mass is 16.5. The smallest absolute Gasteiger partial charge is 0.323 e. The average molecular weight is 259 g/mol. The molecule has 3 heteroatoms. The molecule has 1 aliphatic heterocycles. The third kappa shape index (κ3) is 3.35. The van der Waals surface area contributed by atoms with Crippen molar-refractivity contribution in [2.75, 3.05) is 13.2 Å². The van der Waals surface area contributed by atoms with Crippen LogP contribution in [0.4, 0.5) is 0 Å². The highest BCUT2D eigenvalue weighted by Gasteiger charge is 2.33. The molecule has 0 N–H and O–H groups in total. The highest BCUT2D eigenvalue weighted by molar-refractivity contribution is 5.76. The predicted molar refractivity (Wildman–Crippen MR) is 73.6 cm³/mol. The van der Waals surface area contributed by atoms with Crippen molar-refractivity contribution < 1.29 is 9.53 Å². The summed E-state index contributed by atoms with van der Waals surface area (Å²) < 4.78 is 5.44. The number of carbonyl (C=O) groups excluding carboxylic acids is 1. The maximum Gasteiger partial charge on any atom is 0.323 e. The van der Waals surface area contributed by atoms with Gasteiger partial charge in [-0.2, -0.15) is 0 Å². The van der Waals surface area contributed by atoms with Crippen LogP contribution in [0, 0.1) is 5.92 Å². The Kier molecular flexibility index (Phi) is 3.83. The van der Waals surface area contributed by atoms with Crippen LogP contribution in [0.3, 0.4) is 0 Å². The van der Waals surface area contributed by atoms with Crippen molar-refractivity contribution in [2.24, 2.45) is 5.92 Å². The first-order chi connectivity index (χ1) is 9.33. The second-order valence-electron chi connectivity index (χ2n) is 5.69. The van der Waals surface area contributed by atoms with E-state index in [0.29, 0.717) is 12.5 Å². The zero-order chi connectivity index (χ0) is 13.1. The summed E-state index contributed by atoms with van der Waals surface area (Å²) in [6, 6.07) is 10.3. The Morgan fingerprint density at radius 1 is 1.21 bits per heavy atom. The summed E-state index contributed by atoms with van der Waals surface area (Å²) in [4.78, 5) is 14.4. The molecule has 1 atom stereocenters. The van der Waals surface area contributed by atoms with Gasteiger partial charge in [0.2, 0.25) is 0 Å². The topological polar surface area (TPSA) is 29.5 Å². The van der Waals surface area contributed by atoms with E-state index < -0.39 is 0 Å². The van der Waals surface area contributed by atoms with E-state index in [-0.39, 0.29) is 12.0 Å². The van der Waals surface area contributed by atoms with Gasteiger partial charge in [-0.15, -0.1) is 0 Å². The van der Waals surface area contributed by atoms with Gasteiger partial charge in [0, 0.05) is 6.54 Å². The molecule has 1 heterocycles. The normalized spacial score (nSPS) is 23.5. The van der Waals surface area contributed by atoms with E-state index in [4.69, 9.17) is 4.74 Å². The molecule has 1 aliphatic carbocycles. The lowest BCUT2D eigenvalue weighted by Gasteiger charge is -2.23. The molecule has 1 saturated heterocycles. The Hall–Kier alpha value is -1.35. The van der Waals surface area contributed by atoms with Crippen LogP contribution in [-0.4, -0.2) is 30.1 Å². The Labute approximate surface area is 114 Å². The minimum Gasteiger partial charge on any atom is -0.464 e. The van der Waals surface area contributed by atoms with Crippen molar-refractivity contribution in [2.45, 2.75) is 38.3 Å². The molecule has 0 unspecified atom stereocenters. The van der Waals surface area contributed by atoms with Crippen LogP contribution in [0.2, 0.25) is 0 Å². The van der Waals surface area contributed by atoms with E-state index >= 15 is 0 Å². The third-order valence-electron chi connectivity index (χ3n) is 4.02. The Morgan fingerprint density at radius 2 is 2.00 bits per heavy atom. The van der Waals surface area contributed by atoms with E-state index in [9.17, 15) is 4.79 Å². The Bertz CT molecular complexity index is 428. The standard InChI is InChI=1S/C16H21NO2/c18-16(19-12-14-8-9-14)15-7-4-10-17(15)11-13-5-2-1-3-6-13/h1-3,5-6,14-15H,4,7-12H2/t15-/m0/s1. The SMILES string of the molecule is O=C(OCC1CC1)[C@@H]1CCCN1Cc1ccccc1. The zero-order valence-electron chi connectivity index (χ0n) is 11.3. The lowest BCUT2D eigenvalue weighted by molar-refractivity contribution is -0.149. The van der Waals surface area contributed by atoms with Gasteiger partial charge in [-0.1, -0.05) is 30.3 Å². The lowest BCUT2D eigenvalue weighted by atomic mass is 10.2. The molecule has 0 spiro atoms. The summed E-state index contributed by atoms with van der Waals surface area (Å²) in [5.41, 5.74) is 1.27. The summed E-state index contributed by atoms with van der Waals surface area (Å²) in [6.45, 7) is 2.48. The fourth-order valence-corrected chi connectivity index (χ4v) is 2.68. The van der Waals surface area contributed by atoms with Crippen molar-refractivity contribution in [3.63, 3.8) is 0 Å². The van der Waals surface area contributed by atoms with Crippen molar-refractivity contribution in [3.8, 4) is 0 Å². The molecule has 3 rings (SSSR count). The van der Waals surface area contributed by atoms with Crippen molar-refractivity contribution in [3.05, 3.63) is 35.9 Å². The van der Waals surface area contributed by atoms with Crippen LogP contribution >= 0.6 is 0 Å². The molecule has 0 bridgehead atoms. The van der Waals surface area contributed by atoms with E-state index in [1.807, 2.05) is 18.2 Å². The molecule has 0 aromatic heterocycles. The van der Waals surface area contributed by atoms with Crippen molar-refractivity contribution >= 4 is 5.97 Å². The van der Waals surface area contributed by atoms with E-state index in [1.165, 1.54) is 18.4 Å². The molecule has 1 aromatic carbocycles. The van der Waals surface area contributed by atoms with E-state index in [1.54, 1.807) is 0 Å². The summed E-state index contributed by atoms with van der Waals surface area (Å²) in [7, 11) is 0. The molecule has 1 aromatic rings. The number of rotatable bonds is 5. The minimum atomic E-state index is -0.0287. The van der Waals surface area contributed by atoms with E-state index in [0.717, 1.165) is 25.9 Å². The summed E-state index contributed by atoms with van der Waals surface area (Å²) in [6.07, 6.45) is 4.49. The van der Waals surface area contributed by atoms with Crippen LogP contribution in [0.15, 0.2) is 30.3 Å². The van der Waals surface area contributed by atoms with E-state index in [2.05, 4.69) is 17.0 Å². The van der Waals surface area contributed by atoms with Crippen molar-refractivity contribution in [1.29, 1.82) is 0 Å². The predicted octanol–water partition coefficient (Wildman–Crippen LogP) is 2.60. The summed E-state index contributed by atoms with van der Waals surface area (Å²) >= 11 is 0. The highest BCUT2D eigenvalue weighted by Crippen LogP contribution is 2.29. The molecular formula is C16H21NO2. The molecular weight excluding hydrogens is 238 g/mol. The van der Waals surface area contributed by atoms with Crippen LogP contribution in [0.25, 0.3) is 0 Å². The van der Waals surface area contributed by atoms with Crippen LogP contribution < -0.4 is 0 Å². The molecule has 2 fully saturated rings. The molecule has 102 valence electrons. The number of ether oxygens (including phenoxy) is 1. The fraction of sp³-hybridized carbons (Fsp3) is 0.562. The summed E-state index contributed by atoms with van der Waals surface area (Å²) in [5.74, 6) is 0.633. The second kappa shape index (κ2) is 5.74. The first-order valence-corrected chi connectivity index (χ1v) is 7.27. The maximum atomic E-state index is 12.1. The number of hydrogen-bond donors (Lipinski definition) is 0. The quantitative estimate of drug-likeness (QED) is 0.761. The fourth-order valence-electron chi connectivity index (χ4n) is 2.68. The van der Waals surface area contributed by atoms with Crippen LogP contribution in [-0.2, 0) is 16.1 Å². The van der Waals surface area contributed by atoms with Gasteiger partial charge in [0.05, 0.1) is 6.61 Å². The first kappa shape index (κ1) is 12.7. The number of hydrogen-bond acceptors (Lipinski definition) is 3. The molecule has 0 radical (unpaired) electrons. The number of nitrogens with zero attached hydrogens (tertiary/aromatic N) is 1. The van der Waals surface area contributed by atoms with Gasteiger partial charge in [-0.05, 0) is 43.7 Å². The molecule has 2 aliphatic rings. The third-order valence-corrected chi connectivity index (χ3v) is 4.02. The number of likely N-dealkylation sites (tertiary alicyclic amines) is 1. The lowest BCUT2D eigenvalue weighted by Crippen LogP contribution is -2.37. The zero-order valence-corrected chi connectivity index (χ0v) is 11.3. The largest absolute Gasteiger partial charge is 0.464 e. The Balaban J connectivity index is 1.55. The number of benzene rings is 1. The monoisotopic (exact) mass is 259 g/mol. The minimum absolute atomic E-state index is 0.0136. The summed E-state index contributed by atoms with van der Waals surface area (Å²) in [5, 5.41) is 0. The molecule has 3 nitrogen and oxygen atoms in total. The maximum absolute atomic E-state index is 12.1. The molecule has 19 heavy (non-hydrogen) atoms. The van der Waals surface area contributed by atoms with Gasteiger partial charge in [0.25, 0.3) is 0 Å².